The second-order valence-corrected chi connectivity index (χ2v) is 6.90. The van der Waals surface area contributed by atoms with E-state index >= 15 is 0 Å². The second-order valence-electron chi connectivity index (χ2n) is 6.90. The maximum absolute atomic E-state index is 13.9. The summed E-state index contributed by atoms with van der Waals surface area (Å²) in [7, 11) is 1.41. The highest BCUT2D eigenvalue weighted by Gasteiger charge is 2.44. The Morgan fingerprint density at radius 1 is 1.31 bits per heavy atom. The third kappa shape index (κ3) is 3.09. The highest BCUT2D eigenvalue weighted by atomic mass is 19.1. The summed E-state index contributed by atoms with van der Waals surface area (Å²) in [5.74, 6) is 1.12. The SMILES string of the molecule is COc1ccc(C(=O)N2C[C@H]3CC[C@@H](Nc4cnccn4)[C@H]3C2)cc1F. The minimum atomic E-state index is -0.514. The van der Waals surface area contributed by atoms with E-state index in [2.05, 4.69) is 15.3 Å². The Kier molecular flexibility index (Phi) is 4.44. The number of aromatic nitrogens is 2. The number of ether oxygens (including phenoxy) is 1. The first kappa shape index (κ1) is 16.8. The van der Waals surface area contributed by atoms with Crippen molar-refractivity contribution in [2.24, 2.45) is 11.8 Å². The van der Waals surface area contributed by atoms with Gasteiger partial charge in [-0.05, 0) is 37.0 Å². The van der Waals surface area contributed by atoms with Crippen LogP contribution in [0, 0.1) is 17.7 Å². The van der Waals surface area contributed by atoms with Gasteiger partial charge in [0.25, 0.3) is 5.91 Å². The Hall–Kier alpha value is -2.70. The van der Waals surface area contributed by atoms with Gasteiger partial charge in [0, 0.05) is 43.0 Å². The van der Waals surface area contributed by atoms with E-state index in [1.54, 1.807) is 24.7 Å². The monoisotopic (exact) mass is 356 g/mol. The largest absolute Gasteiger partial charge is 0.494 e. The molecule has 7 heteroatoms. The lowest BCUT2D eigenvalue weighted by Crippen LogP contribution is -2.33. The Balaban J connectivity index is 1.44. The topological polar surface area (TPSA) is 67.3 Å². The number of carbonyl (C=O) groups is 1. The zero-order chi connectivity index (χ0) is 18.1. The highest BCUT2D eigenvalue weighted by Crippen LogP contribution is 2.39. The molecule has 1 amide bonds. The molecule has 3 atom stereocenters. The molecule has 0 bridgehead atoms. The Bertz CT molecular complexity index is 801. The fraction of sp³-hybridized carbons (Fsp3) is 0.421. The molecule has 6 nitrogen and oxygen atoms in total. The molecular weight excluding hydrogens is 335 g/mol. The van der Waals surface area contributed by atoms with E-state index in [0.29, 0.717) is 23.9 Å². The van der Waals surface area contributed by atoms with Crippen molar-refractivity contribution in [3.63, 3.8) is 0 Å². The molecule has 1 saturated heterocycles. The molecule has 1 aromatic heterocycles. The highest BCUT2D eigenvalue weighted by molar-refractivity contribution is 5.94. The number of amides is 1. The van der Waals surface area contributed by atoms with Gasteiger partial charge in [-0.1, -0.05) is 0 Å². The van der Waals surface area contributed by atoms with Gasteiger partial charge < -0.3 is 15.0 Å². The first-order chi connectivity index (χ1) is 12.7. The van der Waals surface area contributed by atoms with Gasteiger partial charge in [0.05, 0.1) is 13.3 Å². The quantitative estimate of drug-likeness (QED) is 0.912. The molecule has 136 valence electrons. The summed E-state index contributed by atoms with van der Waals surface area (Å²) < 4.78 is 18.8. The Morgan fingerprint density at radius 3 is 2.92 bits per heavy atom. The predicted octanol–water partition coefficient (Wildman–Crippen LogP) is 2.59. The summed E-state index contributed by atoms with van der Waals surface area (Å²) in [5, 5.41) is 3.45. The molecule has 2 aliphatic rings. The standard InChI is InChI=1S/C19H21FN4O2/c1-26-17-5-3-12(8-15(17)20)19(25)24-10-13-2-4-16(14(13)11-24)23-18-9-21-6-7-22-18/h3,5-9,13-14,16H,2,4,10-11H2,1H3,(H,22,23)/t13-,14+,16-/m1/s1. The smallest absolute Gasteiger partial charge is 0.253 e. The first-order valence-electron chi connectivity index (χ1n) is 8.81. The number of likely N-dealkylation sites (tertiary alicyclic amines) is 1. The van der Waals surface area contributed by atoms with Gasteiger partial charge in [0.15, 0.2) is 11.6 Å². The molecule has 26 heavy (non-hydrogen) atoms. The van der Waals surface area contributed by atoms with Crippen molar-refractivity contribution in [3.8, 4) is 5.75 Å². The molecule has 4 rings (SSSR count). The van der Waals surface area contributed by atoms with Crippen LogP contribution in [0.5, 0.6) is 5.75 Å². The van der Waals surface area contributed by atoms with E-state index in [1.165, 1.54) is 19.2 Å². The lowest BCUT2D eigenvalue weighted by molar-refractivity contribution is 0.0779. The number of rotatable bonds is 4. The molecule has 0 unspecified atom stereocenters. The summed E-state index contributed by atoms with van der Waals surface area (Å²) >= 11 is 0. The molecule has 1 saturated carbocycles. The van der Waals surface area contributed by atoms with E-state index in [4.69, 9.17) is 4.74 Å². The van der Waals surface area contributed by atoms with Crippen LogP contribution in [0.2, 0.25) is 0 Å². The zero-order valence-corrected chi connectivity index (χ0v) is 14.6. The van der Waals surface area contributed by atoms with Crippen LogP contribution in [-0.4, -0.2) is 47.0 Å². The van der Waals surface area contributed by atoms with Crippen LogP contribution in [0.4, 0.5) is 10.2 Å². The molecule has 0 spiro atoms. The molecule has 2 aromatic rings. The van der Waals surface area contributed by atoms with Crippen LogP contribution in [0.15, 0.2) is 36.8 Å². The zero-order valence-electron chi connectivity index (χ0n) is 14.6. The van der Waals surface area contributed by atoms with Crippen LogP contribution in [-0.2, 0) is 0 Å². The van der Waals surface area contributed by atoms with Gasteiger partial charge in [-0.15, -0.1) is 0 Å². The molecule has 0 radical (unpaired) electrons. The third-order valence-corrected chi connectivity index (χ3v) is 5.44. The van der Waals surface area contributed by atoms with Crippen molar-refractivity contribution in [2.45, 2.75) is 18.9 Å². The van der Waals surface area contributed by atoms with Gasteiger partial charge in [-0.25, -0.2) is 9.37 Å². The number of anilines is 1. The van der Waals surface area contributed by atoms with Crippen molar-refractivity contribution in [2.75, 3.05) is 25.5 Å². The number of nitrogens with one attached hydrogen (secondary N) is 1. The normalized spacial score (nSPS) is 24.4. The maximum Gasteiger partial charge on any atom is 0.253 e. The van der Waals surface area contributed by atoms with Gasteiger partial charge in [-0.3, -0.25) is 9.78 Å². The molecule has 1 aliphatic heterocycles. The van der Waals surface area contributed by atoms with Crippen molar-refractivity contribution >= 4 is 11.7 Å². The lowest BCUT2D eigenvalue weighted by Gasteiger charge is -2.22. The Morgan fingerprint density at radius 2 is 2.19 bits per heavy atom. The first-order valence-corrected chi connectivity index (χ1v) is 8.81. The van der Waals surface area contributed by atoms with Crippen molar-refractivity contribution in [3.05, 3.63) is 48.2 Å². The van der Waals surface area contributed by atoms with E-state index in [9.17, 15) is 9.18 Å². The van der Waals surface area contributed by atoms with Gasteiger partial charge in [0.1, 0.15) is 5.82 Å². The van der Waals surface area contributed by atoms with Gasteiger partial charge in [0.2, 0.25) is 0 Å². The molecule has 1 aromatic carbocycles. The number of nitrogens with zero attached hydrogens (tertiary/aromatic N) is 3. The number of halogens is 1. The van der Waals surface area contributed by atoms with Crippen LogP contribution < -0.4 is 10.1 Å². The fourth-order valence-corrected chi connectivity index (χ4v) is 4.16. The van der Waals surface area contributed by atoms with E-state index in [-0.39, 0.29) is 17.7 Å². The summed E-state index contributed by atoms with van der Waals surface area (Å²) in [4.78, 5) is 23.0. The molecule has 1 aliphatic carbocycles. The average Bonchev–Trinajstić information content (AvgIpc) is 3.24. The molecule has 1 N–H and O–H groups in total. The van der Waals surface area contributed by atoms with Crippen molar-refractivity contribution in [1.29, 1.82) is 0 Å². The van der Waals surface area contributed by atoms with Crippen molar-refractivity contribution < 1.29 is 13.9 Å². The summed E-state index contributed by atoms with van der Waals surface area (Å²) in [6.45, 7) is 1.39. The number of benzene rings is 1. The molecule has 2 fully saturated rings. The lowest BCUT2D eigenvalue weighted by atomic mass is 9.98. The summed E-state index contributed by atoms with van der Waals surface area (Å²) in [6, 6.07) is 4.65. The maximum atomic E-state index is 13.9. The van der Waals surface area contributed by atoms with Gasteiger partial charge >= 0.3 is 0 Å². The third-order valence-electron chi connectivity index (χ3n) is 5.44. The number of methoxy groups -OCH3 is 1. The van der Waals surface area contributed by atoms with E-state index < -0.39 is 5.82 Å². The number of hydrogen-bond acceptors (Lipinski definition) is 5. The molecular formula is C19H21FN4O2. The summed E-state index contributed by atoms with van der Waals surface area (Å²) in [5.41, 5.74) is 0.363. The molecule has 2 heterocycles. The van der Waals surface area contributed by atoms with Crippen molar-refractivity contribution in [1.82, 2.24) is 14.9 Å². The Labute approximate surface area is 151 Å². The van der Waals surface area contributed by atoms with Gasteiger partial charge in [-0.2, -0.15) is 0 Å². The predicted molar refractivity (Wildman–Crippen MR) is 94.5 cm³/mol. The summed E-state index contributed by atoms with van der Waals surface area (Å²) in [6.07, 6.45) is 7.16. The minimum absolute atomic E-state index is 0.126. The van der Waals surface area contributed by atoms with Crippen LogP contribution in [0.3, 0.4) is 0 Å². The average molecular weight is 356 g/mol. The fourth-order valence-electron chi connectivity index (χ4n) is 4.16. The number of hydrogen-bond donors (Lipinski definition) is 1. The van der Waals surface area contributed by atoms with Crippen LogP contribution in [0.1, 0.15) is 23.2 Å². The van der Waals surface area contributed by atoms with Crippen LogP contribution >= 0.6 is 0 Å². The number of fused-ring (bicyclic) bond motifs is 1. The second kappa shape index (κ2) is 6.90. The van der Waals surface area contributed by atoms with Crippen LogP contribution in [0.25, 0.3) is 0 Å². The number of carbonyl (C=O) groups excluding carboxylic acids is 1. The van der Waals surface area contributed by atoms with E-state index in [0.717, 1.165) is 25.2 Å². The minimum Gasteiger partial charge on any atom is -0.494 e. The van der Waals surface area contributed by atoms with E-state index in [1.807, 2.05) is 4.90 Å².